The second-order valence-electron chi connectivity index (χ2n) is 4.49. The van der Waals surface area contributed by atoms with Crippen LogP contribution in [0.25, 0.3) is 0 Å². The summed E-state index contributed by atoms with van der Waals surface area (Å²) in [6.07, 6.45) is 0. The van der Waals surface area contributed by atoms with Gasteiger partial charge in [-0.25, -0.2) is 4.79 Å². The molecular weight excluding hydrogens is 270 g/mol. The van der Waals surface area contributed by atoms with Crippen molar-refractivity contribution in [1.82, 2.24) is 5.06 Å². The summed E-state index contributed by atoms with van der Waals surface area (Å²) in [7, 11) is 0. The highest BCUT2D eigenvalue weighted by atomic mass is 35.5. The van der Waals surface area contributed by atoms with Gasteiger partial charge in [-0.2, -0.15) is 5.06 Å². The Labute approximate surface area is 116 Å². The molecule has 0 saturated carbocycles. The van der Waals surface area contributed by atoms with Crippen LogP contribution in [0, 0.1) is 0 Å². The highest BCUT2D eigenvalue weighted by molar-refractivity contribution is 6.30. The maximum atomic E-state index is 11.9. The molecule has 0 unspecified atom stereocenters. The fourth-order valence-electron chi connectivity index (χ4n) is 1.24. The fraction of sp³-hybridized carbons (Fsp3) is 0.333. The summed E-state index contributed by atoms with van der Waals surface area (Å²) < 4.78 is 0. The van der Waals surface area contributed by atoms with E-state index in [1.165, 1.54) is 6.92 Å². The van der Waals surface area contributed by atoms with Crippen molar-refractivity contribution in [3.05, 3.63) is 29.3 Å². The van der Waals surface area contributed by atoms with Crippen LogP contribution in [0.2, 0.25) is 5.02 Å². The Morgan fingerprint density at radius 2 is 1.89 bits per heavy atom. The minimum atomic E-state index is -1.13. The van der Waals surface area contributed by atoms with Crippen molar-refractivity contribution >= 4 is 29.0 Å². The quantitative estimate of drug-likeness (QED) is 0.345. The van der Waals surface area contributed by atoms with Gasteiger partial charge in [0.1, 0.15) is 5.54 Å². The number of hydrogen-bond acceptors (Lipinski definition) is 4. The Hall–Kier alpha value is -1.79. The molecule has 1 rings (SSSR count). The number of nitrogens with zero attached hydrogens (tertiary/aromatic N) is 2. The standard InChI is InChI=1S/C12H16ClN3O3/c1-8(15-18)12(2,3)16(19)11(17)14-10-6-4-9(13)5-7-10/h4-7,18-19H,1-3H3,(H,14,17)/b15-8-. The van der Waals surface area contributed by atoms with Crippen molar-refractivity contribution in [2.45, 2.75) is 26.3 Å². The summed E-state index contributed by atoms with van der Waals surface area (Å²) in [6.45, 7) is 4.59. The van der Waals surface area contributed by atoms with Gasteiger partial charge in [0.15, 0.2) is 0 Å². The second kappa shape index (κ2) is 5.90. The molecule has 0 radical (unpaired) electrons. The maximum absolute atomic E-state index is 11.9. The molecular formula is C12H16ClN3O3. The molecule has 0 heterocycles. The van der Waals surface area contributed by atoms with Gasteiger partial charge in [0.05, 0.1) is 5.71 Å². The van der Waals surface area contributed by atoms with Gasteiger partial charge in [0.2, 0.25) is 0 Å². The Kier molecular flexibility index (Phi) is 4.74. The van der Waals surface area contributed by atoms with Crippen molar-refractivity contribution in [2.24, 2.45) is 5.16 Å². The molecule has 1 aromatic carbocycles. The number of carbonyl (C=O) groups is 1. The minimum absolute atomic E-state index is 0.196. The van der Waals surface area contributed by atoms with Crippen molar-refractivity contribution in [2.75, 3.05) is 5.32 Å². The lowest BCUT2D eigenvalue weighted by atomic mass is 9.99. The van der Waals surface area contributed by atoms with Crippen LogP contribution in [0.15, 0.2) is 29.4 Å². The van der Waals surface area contributed by atoms with Gasteiger partial charge in [0, 0.05) is 10.7 Å². The smallest absolute Gasteiger partial charge is 0.346 e. The van der Waals surface area contributed by atoms with Gasteiger partial charge in [-0.15, -0.1) is 0 Å². The lowest BCUT2D eigenvalue weighted by molar-refractivity contribution is -0.0841. The van der Waals surface area contributed by atoms with E-state index in [2.05, 4.69) is 10.5 Å². The number of oxime groups is 1. The summed E-state index contributed by atoms with van der Waals surface area (Å²) >= 11 is 5.73. The van der Waals surface area contributed by atoms with Crippen LogP contribution in [-0.4, -0.2) is 32.8 Å². The zero-order valence-electron chi connectivity index (χ0n) is 10.9. The summed E-state index contributed by atoms with van der Waals surface area (Å²) in [5.74, 6) is 0. The van der Waals surface area contributed by atoms with Crippen molar-refractivity contribution in [3.8, 4) is 0 Å². The van der Waals surface area contributed by atoms with Gasteiger partial charge >= 0.3 is 6.03 Å². The Bertz CT molecular complexity index is 485. The van der Waals surface area contributed by atoms with E-state index in [0.29, 0.717) is 15.8 Å². The molecule has 0 saturated heterocycles. The lowest BCUT2D eigenvalue weighted by Crippen LogP contribution is -2.51. The molecule has 104 valence electrons. The summed E-state index contributed by atoms with van der Waals surface area (Å²) in [6, 6.07) is 5.70. The lowest BCUT2D eigenvalue weighted by Gasteiger charge is -2.32. The molecule has 0 atom stereocenters. The Morgan fingerprint density at radius 3 is 2.37 bits per heavy atom. The van der Waals surface area contributed by atoms with Crippen LogP contribution in [0.4, 0.5) is 10.5 Å². The first-order chi connectivity index (χ1) is 8.78. The normalized spacial score (nSPS) is 12.2. The molecule has 2 amide bonds. The third-order valence-corrected chi connectivity index (χ3v) is 3.10. The minimum Gasteiger partial charge on any atom is -0.411 e. The van der Waals surface area contributed by atoms with Gasteiger partial charge in [-0.1, -0.05) is 16.8 Å². The van der Waals surface area contributed by atoms with Crippen LogP contribution in [0.5, 0.6) is 0 Å². The fourth-order valence-corrected chi connectivity index (χ4v) is 1.37. The number of anilines is 1. The highest BCUT2D eigenvalue weighted by Gasteiger charge is 2.33. The molecule has 0 fully saturated rings. The van der Waals surface area contributed by atoms with E-state index in [1.54, 1.807) is 38.1 Å². The topological polar surface area (TPSA) is 85.2 Å². The van der Waals surface area contributed by atoms with E-state index in [-0.39, 0.29) is 5.71 Å². The predicted octanol–water partition coefficient (Wildman–Crippen LogP) is 3.19. The number of halogens is 1. The van der Waals surface area contributed by atoms with Crippen LogP contribution < -0.4 is 5.32 Å². The third kappa shape index (κ3) is 3.59. The van der Waals surface area contributed by atoms with Crippen LogP contribution >= 0.6 is 11.6 Å². The van der Waals surface area contributed by atoms with Crippen molar-refractivity contribution in [3.63, 3.8) is 0 Å². The third-order valence-electron chi connectivity index (χ3n) is 2.85. The zero-order valence-corrected chi connectivity index (χ0v) is 11.6. The Morgan fingerprint density at radius 1 is 1.37 bits per heavy atom. The first kappa shape index (κ1) is 15.3. The number of hydrogen-bond donors (Lipinski definition) is 3. The van der Waals surface area contributed by atoms with E-state index in [1.807, 2.05) is 0 Å². The SMILES string of the molecule is C/C(=N/O)C(C)(C)N(O)C(=O)Nc1ccc(Cl)cc1. The first-order valence-corrected chi connectivity index (χ1v) is 5.91. The van der Waals surface area contributed by atoms with Gasteiger partial charge in [-0.05, 0) is 45.0 Å². The molecule has 3 N–H and O–H groups in total. The van der Waals surface area contributed by atoms with Crippen LogP contribution in [0.3, 0.4) is 0 Å². The summed E-state index contributed by atoms with van der Waals surface area (Å²) in [5, 5.41) is 25.1. The van der Waals surface area contributed by atoms with E-state index in [9.17, 15) is 10.0 Å². The van der Waals surface area contributed by atoms with Gasteiger partial charge < -0.3 is 10.5 Å². The molecule has 0 bridgehead atoms. The van der Waals surface area contributed by atoms with Gasteiger partial charge in [0.25, 0.3) is 0 Å². The second-order valence-corrected chi connectivity index (χ2v) is 4.93. The zero-order chi connectivity index (χ0) is 14.6. The van der Waals surface area contributed by atoms with Gasteiger partial charge in [-0.3, -0.25) is 5.21 Å². The van der Waals surface area contributed by atoms with Crippen LogP contribution in [0.1, 0.15) is 20.8 Å². The number of carbonyl (C=O) groups excluding carboxylic acids is 1. The van der Waals surface area contributed by atoms with E-state index >= 15 is 0 Å². The molecule has 0 aliphatic carbocycles. The monoisotopic (exact) mass is 285 g/mol. The molecule has 7 heteroatoms. The van der Waals surface area contributed by atoms with E-state index in [4.69, 9.17) is 16.8 Å². The first-order valence-electron chi connectivity index (χ1n) is 5.54. The number of benzene rings is 1. The molecule has 1 aromatic rings. The number of nitrogens with one attached hydrogen (secondary N) is 1. The Balaban J connectivity index is 2.81. The largest absolute Gasteiger partial charge is 0.411 e. The van der Waals surface area contributed by atoms with E-state index in [0.717, 1.165) is 0 Å². The number of urea groups is 1. The molecule has 0 aromatic heterocycles. The average Bonchev–Trinajstić information content (AvgIpc) is 2.39. The molecule has 6 nitrogen and oxygen atoms in total. The maximum Gasteiger partial charge on any atom is 0.346 e. The molecule has 0 spiro atoms. The van der Waals surface area contributed by atoms with Crippen molar-refractivity contribution in [1.29, 1.82) is 0 Å². The molecule has 0 aliphatic rings. The molecule has 0 aliphatic heterocycles. The average molecular weight is 286 g/mol. The predicted molar refractivity (Wildman–Crippen MR) is 73.1 cm³/mol. The molecule has 19 heavy (non-hydrogen) atoms. The summed E-state index contributed by atoms with van der Waals surface area (Å²) in [4.78, 5) is 11.9. The van der Waals surface area contributed by atoms with Crippen molar-refractivity contribution < 1.29 is 15.2 Å². The van der Waals surface area contributed by atoms with Crippen LogP contribution in [-0.2, 0) is 0 Å². The summed E-state index contributed by atoms with van der Waals surface area (Å²) in [5.41, 5.74) is -0.449. The number of rotatable bonds is 3. The highest BCUT2D eigenvalue weighted by Crippen LogP contribution is 2.18. The van der Waals surface area contributed by atoms with E-state index < -0.39 is 11.6 Å². The number of hydroxylamine groups is 2. The number of amides is 2.